The summed E-state index contributed by atoms with van der Waals surface area (Å²) < 4.78 is 5.34. The zero-order valence-electron chi connectivity index (χ0n) is 12.1. The molecule has 0 saturated heterocycles. The zero-order valence-corrected chi connectivity index (χ0v) is 12.1. The molecule has 0 spiro atoms. The molecule has 2 aromatic carbocycles. The Balaban J connectivity index is 2.06. The highest BCUT2D eigenvalue weighted by molar-refractivity contribution is 5.90. The van der Waals surface area contributed by atoms with Crippen molar-refractivity contribution in [3.05, 3.63) is 64.2 Å². The second kappa shape index (κ2) is 5.78. The fourth-order valence-corrected chi connectivity index (χ4v) is 2.19. The van der Waals surface area contributed by atoms with E-state index in [1.54, 1.807) is 18.2 Å². The van der Waals surface area contributed by atoms with Gasteiger partial charge in [-0.3, -0.25) is 0 Å². The third kappa shape index (κ3) is 3.38. The van der Waals surface area contributed by atoms with Crippen LogP contribution in [0.3, 0.4) is 0 Å². The van der Waals surface area contributed by atoms with E-state index in [-0.39, 0.29) is 12.6 Å². The van der Waals surface area contributed by atoms with Crippen LogP contribution in [0.1, 0.15) is 32.6 Å². The maximum atomic E-state index is 12.0. The summed E-state index contributed by atoms with van der Waals surface area (Å²) in [7, 11) is 0. The molecular formula is C17H19NO2. The first-order chi connectivity index (χ1) is 9.45. The Kier molecular flexibility index (Phi) is 4.08. The topological polar surface area (TPSA) is 52.3 Å². The number of ether oxygens (including phenoxy) is 1. The van der Waals surface area contributed by atoms with Gasteiger partial charge in [-0.2, -0.15) is 0 Å². The van der Waals surface area contributed by atoms with E-state index in [4.69, 9.17) is 10.5 Å². The van der Waals surface area contributed by atoms with Gasteiger partial charge in [0.2, 0.25) is 0 Å². The summed E-state index contributed by atoms with van der Waals surface area (Å²) in [6.45, 7) is 6.21. The lowest BCUT2D eigenvalue weighted by Crippen LogP contribution is -2.06. The van der Waals surface area contributed by atoms with Crippen LogP contribution in [-0.2, 0) is 11.3 Å². The Morgan fingerprint density at radius 3 is 2.30 bits per heavy atom. The Hall–Kier alpha value is -2.29. The number of anilines is 1. The van der Waals surface area contributed by atoms with Crippen molar-refractivity contribution >= 4 is 11.7 Å². The van der Waals surface area contributed by atoms with Gasteiger partial charge in [-0.1, -0.05) is 29.3 Å². The lowest BCUT2D eigenvalue weighted by Gasteiger charge is -2.08. The van der Waals surface area contributed by atoms with E-state index in [9.17, 15) is 4.79 Å². The second-order valence-corrected chi connectivity index (χ2v) is 5.14. The number of carbonyl (C=O) groups excluding carboxylic acids is 1. The lowest BCUT2D eigenvalue weighted by atomic mass is 10.1. The number of nitrogen functional groups attached to an aromatic ring is 1. The maximum Gasteiger partial charge on any atom is 0.338 e. The molecule has 0 radical (unpaired) electrons. The molecule has 0 aromatic heterocycles. The summed E-state index contributed by atoms with van der Waals surface area (Å²) in [6.07, 6.45) is 0. The minimum atomic E-state index is -0.327. The minimum Gasteiger partial charge on any atom is -0.457 e. The van der Waals surface area contributed by atoms with Crippen LogP contribution in [0.15, 0.2) is 36.4 Å². The third-order valence-corrected chi connectivity index (χ3v) is 3.16. The molecule has 0 aliphatic heterocycles. The van der Waals surface area contributed by atoms with Gasteiger partial charge in [0.15, 0.2) is 0 Å². The van der Waals surface area contributed by atoms with Crippen molar-refractivity contribution in [1.29, 1.82) is 0 Å². The van der Waals surface area contributed by atoms with Gasteiger partial charge in [0.1, 0.15) is 6.61 Å². The predicted octanol–water partition coefficient (Wildman–Crippen LogP) is 3.55. The zero-order chi connectivity index (χ0) is 14.7. The number of carbonyl (C=O) groups is 1. The van der Waals surface area contributed by atoms with Crippen molar-refractivity contribution in [3.63, 3.8) is 0 Å². The van der Waals surface area contributed by atoms with E-state index in [2.05, 4.69) is 6.07 Å². The predicted molar refractivity (Wildman–Crippen MR) is 80.6 cm³/mol. The van der Waals surface area contributed by atoms with Gasteiger partial charge in [-0.15, -0.1) is 0 Å². The summed E-state index contributed by atoms with van der Waals surface area (Å²) in [6, 6.07) is 11.3. The molecule has 0 atom stereocenters. The van der Waals surface area contributed by atoms with Crippen molar-refractivity contribution in [2.24, 2.45) is 0 Å². The first-order valence-electron chi connectivity index (χ1n) is 6.56. The number of hydrogen-bond donors (Lipinski definition) is 1. The molecule has 0 saturated carbocycles. The van der Waals surface area contributed by atoms with Crippen LogP contribution in [0, 0.1) is 20.8 Å². The molecule has 3 nitrogen and oxygen atoms in total. The molecule has 20 heavy (non-hydrogen) atoms. The van der Waals surface area contributed by atoms with Crippen molar-refractivity contribution in [3.8, 4) is 0 Å². The fraction of sp³-hybridized carbons (Fsp3) is 0.235. The van der Waals surface area contributed by atoms with E-state index in [0.29, 0.717) is 11.3 Å². The van der Waals surface area contributed by atoms with Crippen molar-refractivity contribution < 1.29 is 9.53 Å². The van der Waals surface area contributed by atoms with Crippen LogP contribution in [-0.4, -0.2) is 5.97 Å². The van der Waals surface area contributed by atoms with Gasteiger partial charge < -0.3 is 10.5 Å². The lowest BCUT2D eigenvalue weighted by molar-refractivity contribution is 0.0472. The van der Waals surface area contributed by atoms with Gasteiger partial charge in [0, 0.05) is 5.69 Å². The molecule has 104 valence electrons. The van der Waals surface area contributed by atoms with Crippen LogP contribution < -0.4 is 5.73 Å². The molecular weight excluding hydrogens is 250 g/mol. The highest BCUT2D eigenvalue weighted by atomic mass is 16.5. The fourth-order valence-electron chi connectivity index (χ4n) is 2.19. The molecule has 2 aromatic rings. The van der Waals surface area contributed by atoms with Crippen molar-refractivity contribution in [1.82, 2.24) is 0 Å². The highest BCUT2D eigenvalue weighted by Crippen LogP contribution is 2.15. The van der Waals surface area contributed by atoms with Gasteiger partial charge in [0.25, 0.3) is 0 Å². The Morgan fingerprint density at radius 1 is 1.05 bits per heavy atom. The number of nitrogens with two attached hydrogens (primary N) is 1. The Labute approximate surface area is 119 Å². The first-order valence-corrected chi connectivity index (χ1v) is 6.56. The van der Waals surface area contributed by atoms with E-state index < -0.39 is 0 Å². The SMILES string of the molecule is Cc1cc(C)cc(COC(=O)c2ccc(N)c(C)c2)c1. The average molecular weight is 269 g/mol. The number of aryl methyl sites for hydroxylation is 3. The molecule has 0 aliphatic carbocycles. The monoisotopic (exact) mass is 269 g/mol. The number of rotatable bonds is 3. The molecule has 2 N–H and O–H groups in total. The maximum absolute atomic E-state index is 12.0. The summed E-state index contributed by atoms with van der Waals surface area (Å²) in [5, 5.41) is 0. The first kappa shape index (κ1) is 14.1. The molecule has 3 heteroatoms. The highest BCUT2D eigenvalue weighted by Gasteiger charge is 2.09. The number of benzene rings is 2. The molecule has 0 unspecified atom stereocenters. The smallest absolute Gasteiger partial charge is 0.338 e. The molecule has 0 aliphatic rings. The van der Waals surface area contributed by atoms with Crippen LogP contribution in [0.2, 0.25) is 0 Å². The van der Waals surface area contributed by atoms with E-state index in [1.807, 2.05) is 32.9 Å². The van der Waals surface area contributed by atoms with Gasteiger partial charge >= 0.3 is 5.97 Å². The van der Waals surface area contributed by atoms with Gasteiger partial charge in [-0.25, -0.2) is 4.79 Å². The normalized spacial score (nSPS) is 10.3. The third-order valence-electron chi connectivity index (χ3n) is 3.16. The van der Waals surface area contributed by atoms with Crippen molar-refractivity contribution in [2.45, 2.75) is 27.4 Å². The van der Waals surface area contributed by atoms with Gasteiger partial charge in [0.05, 0.1) is 5.56 Å². The molecule has 0 fully saturated rings. The summed E-state index contributed by atoms with van der Waals surface area (Å²) in [5.74, 6) is -0.327. The van der Waals surface area contributed by atoms with Crippen LogP contribution in [0.5, 0.6) is 0 Å². The van der Waals surface area contributed by atoms with E-state index >= 15 is 0 Å². The summed E-state index contributed by atoms with van der Waals surface area (Å²) in [4.78, 5) is 12.0. The Bertz CT molecular complexity index is 627. The second-order valence-electron chi connectivity index (χ2n) is 5.14. The minimum absolute atomic E-state index is 0.283. The summed E-state index contributed by atoms with van der Waals surface area (Å²) in [5.41, 5.74) is 11.2. The van der Waals surface area contributed by atoms with Gasteiger partial charge in [-0.05, 0) is 50.1 Å². The number of esters is 1. The quantitative estimate of drug-likeness (QED) is 0.684. The summed E-state index contributed by atoms with van der Waals surface area (Å²) >= 11 is 0. The largest absolute Gasteiger partial charge is 0.457 e. The Morgan fingerprint density at radius 2 is 1.70 bits per heavy atom. The molecule has 0 amide bonds. The standard InChI is InChI=1S/C17H19NO2/c1-11-6-12(2)8-14(7-11)10-20-17(19)15-4-5-16(18)13(3)9-15/h4-9H,10,18H2,1-3H3. The van der Waals surface area contributed by atoms with E-state index in [1.165, 1.54) is 11.1 Å². The van der Waals surface area contributed by atoms with Crippen molar-refractivity contribution in [2.75, 3.05) is 5.73 Å². The van der Waals surface area contributed by atoms with E-state index in [0.717, 1.165) is 11.1 Å². The van der Waals surface area contributed by atoms with Crippen LogP contribution >= 0.6 is 0 Å². The van der Waals surface area contributed by atoms with Crippen LogP contribution in [0.4, 0.5) is 5.69 Å². The molecule has 2 rings (SSSR count). The van der Waals surface area contributed by atoms with Crippen LogP contribution in [0.25, 0.3) is 0 Å². The number of hydrogen-bond acceptors (Lipinski definition) is 3. The molecule has 0 heterocycles. The molecule has 0 bridgehead atoms. The average Bonchev–Trinajstić information content (AvgIpc) is 2.38.